The summed E-state index contributed by atoms with van der Waals surface area (Å²) in [5.74, 6) is -1.49. The number of hydrogen-bond acceptors (Lipinski definition) is 5. The highest BCUT2D eigenvalue weighted by molar-refractivity contribution is 5.80. The van der Waals surface area contributed by atoms with Gasteiger partial charge in [-0.15, -0.1) is 0 Å². The second kappa shape index (κ2) is 52.3. The number of ether oxygens (including phenoxy) is 1. The van der Waals surface area contributed by atoms with Crippen LogP contribution in [0.3, 0.4) is 0 Å². The summed E-state index contributed by atoms with van der Waals surface area (Å²) < 4.78 is 5.64. The van der Waals surface area contributed by atoms with E-state index >= 15 is 0 Å². The van der Waals surface area contributed by atoms with E-state index in [4.69, 9.17) is 9.84 Å². The zero-order valence-electron chi connectivity index (χ0n) is 43.0. The van der Waals surface area contributed by atoms with E-state index in [0.717, 1.165) is 64.2 Å². The van der Waals surface area contributed by atoms with Gasteiger partial charge in [0.2, 0.25) is 0 Å². The Balaban J connectivity index is 3.73. The maximum atomic E-state index is 12.4. The van der Waals surface area contributed by atoms with Gasteiger partial charge in [0.25, 0.3) is 0 Å². The molecule has 2 unspecified atom stereocenters. The lowest BCUT2D eigenvalue weighted by Crippen LogP contribution is -2.30. The average Bonchev–Trinajstić information content (AvgIpc) is 3.28. The van der Waals surface area contributed by atoms with Crippen LogP contribution in [0.2, 0.25) is 0 Å². The molecule has 64 heavy (non-hydrogen) atoms. The van der Waals surface area contributed by atoms with Crippen LogP contribution in [-0.2, 0) is 19.1 Å². The summed E-state index contributed by atoms with van der Waals surface area (Å²) in [5.41, 5.74) is 0. The zero-order chi connectivity index (χ0) is 46.7. The molecule has 0 radical (unpaired) electrons. The van der Waals surface area contributed by atoms with Crippen molar-refractivity contribution in [2.45, 2.75) is 341 Å². The summed E-state index contributed by atoms with van der Waals surface area (Å²) >= 11 is 0. The first-order chi connectivity index (χ1) is 31.4. The molecule has 0 aliphatic rings. The highest BCUT2D eigenvalue weighted by Gasteiger charge is 2.23. The lowest BCUT2D eigenvalue weighted by atomic mass is 10.0. The molecule has 0 saturated carbocycles. The standard InChI is InChI=1S/C58H110O6/c1-3-5-7-9-11-13-15-17-19-23-27-31-35-39-43-47-51-55(64-58(63)56(60)53-57(61)62)52-48-44-40-36-32-28-24-20-22-26-30-34-38-42-46-50-54(59)49-45-41-37-33-29-25-21-18-16-14-12-10-8-6-4-2/h18,21,55-56,60H,3-17,19-20,22-53H2,1-2H3,(H,61,62)/b21-18-. The van der Waals surface area contributed by atoms with Crippen molar-refractivity contribution in [3.05, 3.63) is 12.2 Å². The maximum absolute atomic E-state index is 12.4. The van der Waals surface area contributed by atoms with Crippen LogP contribution in [-0.4, -0.2) is 40.1 Å². The van der Waals surface area contributed by atoms with Gasteiger partial charge in [-0.3, -0.25) is 9.59 Å². The summed E-state index contributed by atoms with van der Waals surface area (Å²) in [6.07, 6.45) is 62.3. The minimum absolute atomic E-state index is 0.233. The summed E-state index contributed by atoms with van der Waals surface area (Å²) in [7, 11) is 0. The van der Waals surface area contributed by atoms with Gasteiger partial charge < -0.3 is 14.9 Å². The summed E-state index contributed by atoms with van der Waals surface area (Å²) in [6, 6.07) is 0. The van der Waals surface area contributed by atoms with E-state index in [1.165, 1.54) is 244 Å². The van der Waals surface area contributed by atoms with Gasteiger partial charge in [0, 0.05) is 12.8 Å². The second-order valence-corrected chi connectivity index (χ2v) is 20.0. The first kappa shape index (κ1) is 62.3. The van der Waals surface area contributed by atoms with E-state index < -0.39 is 24.5 Å². The molecule has 6 nitrogen and oxygen atoms in total. The minimum atomic E-state index is -1.59. The van der Waals surface area contributed by atoms with Crippen molar-refractivity contribution >= 4 is 17.7 Å². The van der Waals surface area contributed by atoms with Gasteiger partial charge in [0.15, 0.2) is 6.10 Å². The second-order valence-electron chi connectivity index (χ2n) is 20.0. The van der Waals surface area contributed by atoms with Crippen LogP contribution in [0.4, 0.5) is 0 Å². The van der Waals surface area contributed by atoms with Gasteiger partial charge in [-0.1, -0.05) is 257 Å². The highest BCUT2D eigenvalue weighted by Crippen LogP contribution is 2.20. The highest BCUT2D eigenvalue weighted by atomic mass is 16.6. The smallest absolute Gasteiger partial charge is 0.335 e. The minimum Gasteiger partial charge on any atom is -0.481 e. The van der Waals surface area contributed by atoms with Crippen molar-refractivity contribution in [3.8, 4) is 0 Å². The number of carboxylic acid groups (broad SMARTS) is 1. The molecule has 0 aliphatic heterocycles. The number of aliphatic hydroxyl groups excluding tert-OH is 1. The average molecular weight is 904 g/mol. The molecular weight excluding hydrogens is 793 g/mol. The number of carbonyl (C=O) groups is 3. The number of aliphatic carboxylic acids is 1. The molecule has 0 bridgehead atoms. The topological polar surface area (TPSA) is 101 Å². The van der Waals surface area contributed by atoms with E-state index in [2.05, 4.69) is 26.0 Å². The number of Topliss-reactive ketones (excluding diaryl/α,β-unsaturated/α-hetero) is 1. The van der Waals surface area contributed by atoms with Crippen LogP contribution >= 0.6 is 0 Å². The van der Waals surface area contributed by atoms with Crippen LogP contribution < -0.4 is 0 Å². The van der Waals surface area contributed by atoms with Crippen molar-refractivity contribution in [1.29, 1.82) is 0 Å². The van der Waals surface area contributed by atoms with Crippen LogP contribution in [0.5, 0.6) is 0 Å². The predicted octanol–water partition coefficient (Wildman–Crippen LogP) is 18.6. The summed E-state index contributed by atoms with van der Waals surface area (Å²) in [6.45, 7) is 4.55. The number of ketones is 1. The van der Waals surface area contributed by atoms with Crippen molar-refractivity contribution in [2.75, 3.05) is 0 Å². The molecule has 6 heteroatoms. The largest absolute Gasteiger partial charge is 0.481 e. The first-order valence-corrected chi connectivity index (χ1v) is 28.7. The molecule has 378 valence electrons. The number of carboxylic acids is 1. The van der Waals surface area contributed by atoms with Gasteiger partial charge in [-0.05, 0) is 64.2 Å². The number of unbranched alkanes of at least 4 members (excludes halogenated alkanes) is 40. The quantitative estimate of drug-likeness (QED) is 0.0358. The zero-order valence-corrected chi connectivity index (χ0v) is 43.0. The molecule has 0 spiro atoms. The lowest BCUT2D eigenvalue weighted by Gasteiger charge is -2.19. The molecule has 0 aromatic rings. The SMILES string of the molecule is CCCCCCCC/C=C\CCCCCCCC(=O)CCCCCCCCCCCCCCCCCC(CCCCCCCCCCCCCCCCCC)OC(=O)C(O)CC(=O)O. The van der Waals surface area contributed by atoms with E-state index in [9.17, 15) is 19.5 Å². The number of carbonyl (C=O) groups excluding carboxylic acids is 2. The van der Waals surface area contributed by atoms with Gasteiger partial charge >= 0.3 is 11.9 Å². The Bertz CT molecular complexity index is 1010. The number of rotatable bonds is 54. The van der Waals surface area contributed by atoms with E-state index in [1.807, 2.05) is 0 Å². The molecule has 0 amide bonds. The fourth-order valence-electron chi connectivity index (χ4n) is 9.18. The summed E-state index contributed by atoms with van der Waals surface area (Å²) in [4.78, 5) is 35.7. The van der Waals surface area contributed by atoms with Gasteiger partial charge in [-0.25, -0.2) is 4.79 Å². The van der Waals surface area contributed by atoms with Crippen molar-refractivity contribution < 1.29 is 29.3 Å². The monoisotopic (exact) mass is 903 g/mol. The molecule has 2 N–H and O–H groups in total. The van der Waals surface area contributed by atoms with Gasteiger partial charge in [-0.2, -0.15) is 0 Å². The molecule has 0 rings (SSSR count). The maximum Gasteiger partial charge on any atom is 0.335 e. The molecule has 0 heterocycles. The normalized spacial score (nSPS) is 12.6. The third-order valence-corrected chi connectivity index (χ3v) is 13.5. The Morgan fingerprint density at radius 3 is 0.953 bits per heavy atom. The Morgan fingerprint density at radius 2 is 0.656 bits per heavy atom. The molecule has 0 aromatic carbocycles. The fourth-order valence-corrected chi connectivity index (χ4v) is 9.18. The molecular formula is C58H110O6. The van der Waals surface area contributed by atoms with Crippen LogP contribution in [0.15, 0.2) is 12.2 Å². The molecule has 0 aliphatic carbocycles. The van der Waals surface area contributed by atoms with Gasteiger partial charge in [0.05, 0.1) is 6.42 Å². The number of allylic oxidation sites excluding steroid dienone is 2. The Labute approximate surface area is 398 Å². The number of hydrogen-bond donors (Lipinski definition) is 2. The third-order valence-electron chi connectivity index (χ3n) is 13.5. The van der Waals surface area contributed by atoms with Crippen LogP contribution in [0.1, 0.15) is 328 Å². The van der Waals surface area contributed by atoms with E-state index in [0.29, 0.717) is 5.78 Å². The van der Waals surface area contributed by atoms with Crippen molar-refractivity contribution in [3.63, 3.8) is 0 Å². The Morgan fingerprint density at radius 1 is 0.391 bits per heavy atom. The molecule has 2 atom stereocenters. The first-order valence-electron chi connectivity index (χ1n) is 28.7. The van der Waals surface area contributed by atoms with Crippen LogP contribution in [0.25, 0.3) is 0 Å². The molecule has 0 aromatic heterocycles. The van der Waals surface area contributed by atoms with E-state index in [1.54, 1.807) is 0 Å². The van der Waals surface area contributed by atoms with Crippen molar-refractivity contribution in [1.82, 2.24) is 0 Å². The van der Waals surface area contributed by atoms with Crippen molar-refractivity contribution in [2.24, 2.45) is 0 Å². The van der Waals surface area contributed by atoms with Crippen LogP contribution in [0, 0.1) is 0 Å². The molecule has 0 saturated heterocycles. The third kappa shape index (κ3) is 49.7. The summed E-state index contributed by atoms with van der Waals surface area (Å²) in [5, 5.41) is 19.0. The number of aliphatic hydroxyl groups is 1. The van der Waals surface area contributed by atoms with E-state index in [-0.39, 0.29) is 6.10 Å². The fraction of sp³-hybridized carbons (Fsp3) is 0.914. The predicted molar refractivity (Wildman–Crippen MR) is 275 cm³/mol. The van der Waals surface area contributed by atoms with Gasteiger partial charge in [0.1, 0.15) is 11.9 Å². The lowest BCUT2D eigenvalue weighted by molar-refractivity contribution is -0.163. The Kier molecular flexibility index (Phi) is 50.9. The molecule has 0 fully saturated rings. The number of esters is 1. The Hall–Kier alpha value is -1.69.